The molecule has 0 heterocycles. The zero-order chi connectivity index (χ0) is 28.6. The molecule has 2 aromatic rings. The first kappa shape index (κ1) is 30.7. The number of hydrogen-bond donors (Lipinski definition) is 3. The molecule has 12 heteroatoms. The van der Waals surface area contributed by atoms with Gasteiger partial charge < -0.3 is 25.2 Å². The normalized spacial score (nSPS) is 12.0. The molecule has 0 aromatic heterocycles. The molecule has 0 spiro atoms. The van der Waals surface area contributed by atoms with Gasteiger partial charge in [-0.2, -0.15) is 0 Å². The van der Waals surface area contributed by atoms with Gasteiger partial charge in [-0.25, -0.2) is 9.59 Å². The third kappa shape index (κ3) is 11.2. The molecule has 2 amide bonds. The van der Waals surface area contributed by atoms with E-state index in [-0.39, 0.29) is 31.7 Å². The Kier molecular flexibility index (Phi) is 12.9. The number of non-ortho nitro benzene ring substituents is 1. The second-order valence-electron chi connectivity index (χ2n) is 8.65. The summed E-state index contributed by atoms with van der Waals surface area (Å²) in [7, 11) is 0. The van der Waals surface area contributed by atoms with Gasteiger partial charge in [0.25, 0.3) is 5.69 Å². The van der Waals surface area contributed by atoms with E-state index in [0.29, 0.717) is 31.4 Å². The number of alkyl carbamates (subject to hydrolysis) is 1. The number of amides is 2. The van der Waals surface area contributed by atoms with Gasteiger partial charge in [0.1, 0.15) is 12.6 Å². The molecule has 0 bridgehead atoms. The third-order valence-corrected chi connectivity index (χ3v) is 5.77. The van der Waals surface area contributed by atoms with Crippen LogP contribution in [-0.2, 0) is 30.5 Å². The zero-order valence-corrected chi connectivity index (χ0v) is 21.7. The third-order valence-electron chi connectivity index (χ3n) is 5.77. The number of nitro benzene ring substituents is 1. The maximum absolute atomic E-state index is 12.5. The smallest absolute Gasteiger partial charge is 0.407 e. The Bertz CT molecular complexity index is 1110. The number of carbonyl (C=O) groups excluding carboxylic acids is 3. The van der Waals surface area contributed by atoms with Crippen molar-refractivity contribution in [3.63, 3.8) is 0 Å². The lowest BCUT2D eigenvalue weighted by Gasteiger charge is -2.25. The SMILES string of the molecule is CCOC(=O)C[C@@H](c1ccc([N+](=O)[O-])cc1)[C@@H](NC(=O)CCCCCNC(=O)OCc1ccccc1)C(=O)O. The van der Waals surface area contributed by atoms with Gasteiger partial charge in [-0.3, -0.25) is 19.7 Å². The number of carboxylic acid groups (broad SMARTS) is 1. The minimum Gasteiger partial charge on any atom is -0.480 e. The second-order valence-corrected chi connectivity index (χ2v) is 8.65. The molecular weight excluding hydrogens is 510 g/mol. The fourth-order valence-electron chi connectivity index (χ4n) is 3.80. The van der Waals surface area contributed by atoms with E-state index in [4.69, 9.17) is 9.47 Å². The Balaban J connectivity index is 1.84. The molecule has 2 atom stereocenters. The van der Waals surface area contributed by atoms with Crippen LogP contribution in [0.5, 0.6) is 0 Å². The van der Waals surface area contributed by atoms with Crippen LogP contribution in [0.15, 0.2) is 54.6 Å². The van der Waals surface area contributed by atoms with Crippen LogP contribution in [0.25, 0.3) is 0 Å². The first-order valence-corrected chi connectivity index (χ1v) is 12.6. The number of rotatable bonds is 16. The Hall–Kier alpha value is -4.48. The van der Waals surface area contributed by atoms with Gasteiger partial charge in [0.15, 0.2) is 0 Å². The molecule has 3 N–H and O–H groups in total. The number of unbranched alkanes of at least 4 members (excludes halogenated alkanes) is 2. The van der Waals surface area contributed by atoms with E-state index in [1.165, 1.54) is 24.3 Å². The highest BCUT2D eigenvalue weighted by Crippen LogP contribution is 2.27. The van der Waals surface area contributed by atoms with Gasteiger partial charge in [0.2, 0.25) is 5.91 Å². The van der Waals surface area contributed by atoms with Crippen molar-refractivity contribution in [2.24, 2.45) is 0 Å². The first-order chi connectivity index (χ1) is 18.7. The molecule has 12 nitrogen and oxygen atoms in total. The van der Waals surface area contributed by atoms with Gasteiger partial charge in [-0.05, 0) is 30.9 Å². The fourth-order valence-corrected chi connectivity index (χ4v) is 3.80. The summed E-state index contributed by atoms with van der Waals surface area (Å²) < 4.78 is 10.1. The molecule has 2 aromatic carbocycles. The Morgan fingerprint density at radius 3 is 2.28 bits per heavy atom. The predicted octanol–water partition coefficient (Wildman–Crippen LogP) is 3.69. The second kappa shape index (κ2) is 16.4. The highest BCUT2D eigenvalue weighted by molar-refractivity contribution is 5.85. The standard InChI is InChI=1S/C27H33N3O9/c1-2-38-24(32)17-22(20-12-14-21(15-13-20)30(36)37)25(26(33)34)29-23(31)11-7-4-8-16-28-27(35)39-18-19-9-5-3-6-10-19/h3,5-6,9-10,12-15,22,25H,2,4,7-8,11,16-18H2,1H3,(H,28,35)(H,29,31)(H,33,34)/t22-,25+/m0/s1. The van der Waals surface area contributed by atoms with Crippen LogP contribution in [0.4, 0.5) is 10.5 Å². The summed E-state index contributed by atoms with van der Waals surface area (Å²) in [6.07, 6.45) is 0.783. The van der Waals surface area contributed by atoms with Crippen LogP contribution in [-0.4, -0.2) is 53.2 Å². The quantitative estimate of drug-likeness (QED) is 0.123. The summed E-state index contributed by atoms with van der Waals surface area (Å²) >= 11 is 0. The van der Waals surface area contributed by atoms with Crippen molar-refractivity contribution in [3.8, 4) is 0 Å². The molecule has 0 radical (unpaired) electrons. The highest BCUT2D eigenvalue weighted by Gasteiger charge is 2.33. The van der Waals surface area contributed by atoms with Gasteiger partial charge in [0.05, 0.1) is 18.0 Å². The Labute approximate surface area is 225 Å². The molecular formula is C27H33N3O9. The van der Waals surface area contributed by atoms with Crippen LogP contribution in [0.1, 0.15) is 56.1 Å². The topological polar surface area (TPSA) is 174 Å². The van der Waals surface area contributed by atoms with Gasteiger partial charge in [-0.1, -0.05) is 48.9 Å². The van der Waals surface area contributed by atoms with Gasteiger partial charge >= 0.3 is 18.0 Å². The number of nitrogens with one attached hydrogen (secondary N) is 2. The lowest BCUT2D eigenvalue weighted by molar-refractivity contribution is -0.384. The van der Waals surface area contributed by atoms with Crippen LogP contribution < -0.4 is 10.6 Å². The van der Waals surface area contributed by atoms with Crippen molar-refractivity contribution in [1.29, 1.82) is 0 Å². The van der Waals surface area contributed by atoms with Crippen LogP contribution in [0.3, 0.4) is 0 Å². The number of carboxylic acids is 1. The van der Waals surface area contributed by atoms with Crippen molar-refractivity contribution in [2.75, 3.05) is 13.2 Å². The monoisotopic (exact) mass is 543 g/mol. The van der Waals surface area contributed by atoms with E-state index < -0.39 is 40.8 Å². The molecule has 0 fully saturated rings. The summed E-state index contributed by atoms with van der Waals surface area (Å²) in [5.74, 6) is -3.53. The van der Waals surface area contributed by atoms with Crippen LogP contribution in [0, 0.1) is 10.1 Å². The average Bonchev–Trinajstić information content (AvgIpc) is 2.92. The molecule has 0 saturated heterocycles. The number of nitrogens with zero attached hydrogens (tertiary/aromatic N) is 1. The summed E-state index contributed by atoms with van der Waals surface area (Å²) in [6, 6.07) is 12.9. The van der Waals surface area contributed by atoms with E-state index in [0.717, 1.165) is 5.56 Å². The predicted molar refractivity (Wildman–Crippen MR) is 140 cm³/mol. The summed E-state index contributed by atoms with van der Waals surface area (Å²) in [5, 5.41) is 25.9. The molecule has 0 aliphatic heterocycles. The molecule has 0 aliphatic rings. The van der Waals surface area contributed by atoms with E-state index in [9.17, 15) is 34.4 Å². The average molecular weight is 544 g/mol. The van der Waals surface area contributed by atoms with E-state index >= 15 is 0 Å². The van der Waals surface area contributed by atoms with Crippen LogP contribution >= 0.6 is 0 Å². The number of carbonyl (C=O) groups is 4. The molecule has 2 rings (SSSR count). The number of hydrogen-bond acceptors (Lipinski definition) is 8. The van der Waals surface area contributed by atoms with Crippen molar-refractivity contribution in [3.05, 3.63) is 75.8 Å². The molecule has 0 unspecified atom stereocenters. The maximum Gasteiger partial charge on any atom is 0.407 e. The number of esters is 1. The van der Waals surface area contributed by atoms with Crippen molar-refractivity contribution in [2.45, 2.75) is 57.6 Å². The molecule has 0 saturated carbocycles. The Morgan fingerprint density at radius 1 is 0.974 bits per heavy atom. The minimum absolute atomic E-state index is 0.0363. The largest absolute Gasteiger partial charge is 0.480 e. The lowest BCUT2D eigenvalue weighted by atomic mass is 9.88. The number of benzene rings is 2. The minimum atomic E-state index is -1.45. The molecule has 39 heavy (non-hydrogen) atoms. The summed E-state index contributed by atoms with van der Waals surface area (Å²) in [4.78, 5) is 58.9. The molecule has 0 aliphatic carbocycles. The van der Waals surface area contributed by atoms with Gasteiger partial charge in [-0.15, -0.1) is 0 Å². The maximum atomic E-state index is 12.5. The number of aliphatic carboxylic acids is 1. The number of nitro groups is 1. The van der Waals surface area contributed by atoms with Crippen LogP contribution in [0.2, 0.25) is 0 Å². The highest BCUT2D eigenvalue weighted by atomic mass is 16.6. The summed E-state index contributed by atoms with van der Waals surface area (Å²) in [5.41, 5.74) is 1.02. The number of ether oxygens (including phenoxy) is 2. The van der Waals surface area contributed by atoms with Crippen molar-refractivity contribution in [1.82, 2.24) is 10.6 Å². The van der Waals surface area contributed by atoms with E-state index in [1.807, 2.05) is 30.3 Å². The summed E-state index contributed by atoms with van der Waals surface area (Å²) in [6.45, 7) is 2.22. The zero-order valence-electron chi connectivity index (χ0n) is 21.7. The first-order valence-electron chi connectivity index (χ1n) is 12.6. The Morgan fingerprint density at radius 2 is 1.67 bits per heavy atom. The fraction of sp³-hybridized carbons (Fsp3) is 0.407. The lowest BCUT2D eigenvalue weighted by Crippen LogP contribution is -2.45. The van der Waals surface area contributed by atoms with E-state index in [2.05, 4.69) is 10.6 Å². The van der Waals surface area contributed by atoms with E-state index in [1.54, 1.807) is 6.92 Å². The van der Waals surface area contributed by atoms with Crippen molar-refractivity contribution >= 4 is 29.6 Å². The molecule has 210 valence electrons. The van der Waals surface area contributed by atoms with Gasteiger partial charge in [0, 0.05) is 31.0 Å². The van der Waals surface area contributed by atoms with Crippen molar-refractivity contribution < 1.29 is 38.7 Å².